The van der Waals surface area contributed by atoms with Crippen LogP contribution in [-0.4, -0.2) is 28.8 Å². The standard InChI is InChI=1S/C16H19N3O2/c1-12-10-17-8-7-15(12)19-16(21)18-14(11-20)9-13-5-3-2-4-6-13/h2-8,10,14,20H,9,11H2,1H3,(H2,17,18,19,21)/t14-/m0/s1. The van der Waals surface area contributed by atoms with Crippen molar-refractivity contribution in [2.75, 3.05) is 11.9 Å². The first-order chi connectivity index (χ1) is 10.2. The van der Waals surface area contributed by atoms with Crippen LogP contribution in [0.2, 0.25) is 0 Å². The van der Waals surface area contributed by atoms with Crippen molar-refractivity contribution in [3.63, 3.8) is 0 Å². The Kier molecular flexibility index (Phi) is 5.29. The molecule has 1 aromatic heterocycles. The molecular weight excluding hydrogens is 266 g/mol. The van der Waals surface area contributed by atoms with E-state index in [0.717, 1.165) is 11.1 Å². The topological polar surface area (TPSA) is 74.2 Å². The van der Waals surface area contributed by atoms with Crippen molar-refractivity contribution >= 4 is 11.7 Å². The van der Waals surface area contributed by atoms with Gasteiger partial charge in [0.05, 0.1) is 12.6 Å². The zero-order chi connectivity index (χ0) is 15.1. The summed E-state index contributed by atoms with van der Waals surface area (Å²) in [5.41, 5.74) is 2.66. The summed E-state index contributed by atoms with van der Waals surface area (Å²) >= 11 is 0. The lowest BCUT2D eigenvalue weighted by atomic mass is 10.1. The number of hydrogen-bond acceptors (Lipinski definition) is 3. The molecule has 2 amide bonds. The van der Waals surface area contributed by atoms with Crippen molar-refractivity contribution < 1.29 is 9.90 Å². The number of carbonyl (C=O) groups excluding carboxylic acids is 1. The maximum absolute atomic E-state index is 12.0. The van der Waals surface area contributed by atoms with Crippen LogP contribution in [0.4, 0.5) is 10.5 Å². The van der Waals surface area contributed by atoms with Crippen LogP contribution in [0.25, 0.3) is 0 Å². The number of benzene rings is 1. The molecule has 0 radical (unpaired) electrons. The first-order valence-corrected chi connectivity index (χ1v) is 6.82. The molecule has 1 aromatic carbocycles. The van der Waals surface area contributed by atoms with E-state index in [2.05, 4.69) is 15.6 Å². The Labute approximate surface area is 124 Å². The number of carbonyl (C=O) groups is 1. The second kappa shape index (κ2) is 7.40. The number of urea groups is 1. The highest BCUT2D eigenvalue weighted by Gasteiger charge is 2.12. The number of aliphatic hydroxyl groups is 1. The van der Waals surface area contributed by atoms with Crippen LogP contribution in [0, 0.1) is 6.92 Å². The molecule has 1 atom stereocenters. The van der Waals surface area contributed by atoms with Crippen molar-refractivity contribution in [3.05, 3.63) is 59.9 Å². The maximum Gasteiger partial charge on any atom is 0.319 e. The van der Waals surface area contributed by atoms with Crippen LogP contribution in [0.1, 0.15) is 11.1 Å². The van der Waals surface area contributed by atoms with Gasteiger partial charge in [-0.2, -0.15) is 0 Å². The van der Waals surface area contributed by atoms with E-state index in [0.29, 0.717) is 12.1 Å². The number of anilines is 1. The molecule has 5 nitrogen and oxygen atoms in total. The van der Waals surface area contributed by atoms with E-state index < -0.39 is 0 Å². The number of aliphatic hydroxyl groups excluding tert-OH is 1. The SMILES string of the molecule is Cc1cnccc1NC(=O)N[C@H](CO)Cc1ccccc1. The molecule has 0 saturated carbocycles. The molecule has 0 fully saturated rings. The van der Waals surface area contributed by atoms with Gasteiger partial charge in [-0.05, 0) is 30.5 Å². The van der Waals surface area contributed by atoms with Gasteiger partial charge in [-0.15, -0.1) is 0 Å². The van der Waals surface area contributed by atoms with Crippen LogP contribution in [0.5, 0.6) is 0 Å². The van der Waals surface area contributed by atoms with Crippen LogP contribution in [0.3, 0.4) is 0 Å². The van der Waals surface area contributed by atoms with Crippen molar-refractivity contribution in [3.8, 4) is 0 Å². The number of aromatic nitrogens is 1. The Morgan fingerprint density at radius 3 is 2.71 bits per heavy atom. The molecule has 0 aliphatic carbocycles. The smallest absolute Gasteiger partial charge is 0.319 e. The Bertz CT molecular complexity index is 587. The van der Waals surface area contributed by atoms with Crippen LogP contribution < -0.4 is 10.6 Å². The van der Waals surface area contributed by atoms with E-state index in [1.807, 2.05) is 37.3 Å². The molecule has 0 aliphatic heterocycles. The molecule has 2 rings (SSSR count). The lowest BCUT2D eigenvalue weighted by molar-refractivity contribution is 0.224. The fourth-order valence-electron chi connectivity index (χ4n) is 2.02. The molecule has 0 unspecified atom stereocenters. The van der Waals surface area contributed by atoms with E-state index in [4.69, 9.17) is 0 Å². The molecule has 0 bridgehead atoms. The predicted molar refractivity (Wildman–Crippen MR) is 82.1 cm³/mol. The molecule has 5 heteroatoms. The Balaban J connectivity index is 1.92. The average Bonchev–Trinajstić information content (AvgIpc) is 2.50. The van der Waals surface area contributed by atoms with E-state index in [1.165, 1.54) is 0 Å². The van der Waals surface area contributed by atoms with Gasteiger partial charge in [-0.1, -0.05) is 30.3 Å². The van der Waals surface area contributed by atoms with Crippen LogP contribution in [0.15, 0.2) is 48.8 Å². The summed E-state index contributed by atoms with van der Waals surface area (Å²) < 4.78 is 0. The summed E-state index contributed by atoms with van der Waals surface area (Å²) in [7, 11) is 0. The Morgan fingerprint density at radius 2 is 2.05 bits per heavy atom. The molecule has 2 aromatic rings. The zero-order valence-electron chi connectivity index (χ0n) is 11.9. The molecule has 0 spiro atoms. The quantitative estimate of drug-likeness (QED) is 0.787. The van der Waals surface area contributed by atoms with E-state index in [-0.39, 0.29) is 18.7 Å². The van der Waals surface area contributed by atoms with Gasteiger partial charge in [0, 0.05) is 18.1 Å². The zero-order valence-corrected chi connectivity index (χ0v) is 11.9. The van der Waals surface area contributed by atoms with Gasteiger partial charge in [-0.25, -0.2) is 4.79 Å². The van der Waals surface area contributed by atoms with E-state index >= 15 is 0 Å². The largest absolute Gasteiger partial charge is 0.394 e. The third-order valence-electron chi connectivity index (χ3n) is 3.15. The third-order valence-corrected chi connectivity index (χ3v) is 3.15. The van der Waals surface area contributed by atoms with Gasteiger partial charge >= 0.3 is 6.03 Å². The number of nitrogens with zero attached hydrogens (tertiary/aromatic N) is 1. The third kappa shape index (κ3) is 4.57. The van der Waals surface area contributed by atoms with Crippen molar-refractivity contribution in [2.45, 2.75) is 19.4 Å². The minimum Gasteiger partial charge on any atom is -0.394 e. The van der Waals surface area contributed by atoms with Gasteiger partial charge in [-0.3, -0.25) is 4.98 Å². The number of aryl methyl sites for hydroxylation is 1. The fraction of sp³-hybridized carbons (Fsp3) is 0.250. The number of amides is 2. The highest BCUT2D eigenvalue weighted by molar-refractivity contribution is 5.90. The molecule has 110 valence electrons. The van der Waals surface area contributed by atoms with Crippen LogP contribution in [-0.2, 0) is 6.42 Å². The molecule has 1 heterocycles. The van der Waals surface area contributed by atoms with Gasteiger partial charge in [0.25, 0.3) is 0 Å². The minimum absolute atomic E-state index is 0.113. The highest BCUT2D eigenvalue weighted by atomic mass is 16.3. The maximum atomic E-state index is 12.0. The van der Waals surface area contributed by atoms with Gasteiger partial charge in [0.15, 0.2) is 0 Å². The minimum atomic E-state index is -0.334. The number of nitrogens with one attached hydrogen (secondary N) is 2. The second-order valence-electron chi connectivity index (χ2n) is 4.86. The monoisotopic (exact) mass is 285 g/mol. The first-order valence-electron chi connectivity index (χ1n) is 6.82. The first kappa shape index (κ1) is 15.0. The number of hydrogen-bond donors (Lipinski definition) is 3. The number of rotatable bonds is 5. The van der Waals surface area contributed by atoms with Gasteiger partial charge in [0.1, 0.15) is 0 Å². The van der Waals surface area contributed by atoms with Gasteiger partial charge in [0.2, 0.25) is 0 Å². The molecule has 3 N–H and O–H groups in total. The Hall–Kier alpha value is -2.40. The summed E-state index contributed by atoms with van der Waals surface area (Å²) in [6.45, 7) is 1.76. The molecular formula is C16H19N3O2. The summed E-state index contributed by atoms with van der Waals surface area (Å²) in [5, 5.41) is 14.9. The van der Waals surface area contributed by atoms with E-state index in [9.17, 15) is 9.90 Å². The summed E-state index contributed by atoms with van der Waals surface area (Å²) in [4.78, 5) is 15.9. The van der Waals surface area contributed by atoms with Crippen molar-refractivity contribution in [2.24, 2.45) is 0 Å². The summed E-state index contributed by atoms with van der Waals surface area (Å²) in [6, 6.07) is 10.8. The molecule has 0 aliphatic rings. The van der Waals surface area contributed by atoms with Gasteiger partial charge < -0.3 is 15.7 Å². The Morgan fingerprint density at radius 1 is 1.29 bits per heavy atom. The summed E-state index contributed by atoms with van der Waals surface area (Å²) in [6.07, 6.45) is 3.89. The fourth-order valence-corrected chi connectivity index (χ4v) is 2.02. The molecule has 21 heavy (non-hydrogen) atoms. The average molecular weight is 285 g/mol. The predicted octanol–water partition coefficient (Wildman–Crippen LogP) is 2.12. The lowest BCUT2D eigenvalue weighted by Crippen LogP contribution is -2.41. The lowest BCUT2D eigenvalue weighted by Gasteiger charge is -2.17. The molecule has 0 saturated heterocycles. The highest BCUT2D eigenvalue weighted by Crippen LogP contribution is 2.11. The van der Waals surface area contributed by atoms with Crippen LogP contribution >= 0.6 is 0 Å². The summed E-state index contributed by atoms with van der Waals surface area (Å²) in [5.74, 6) is 0. The normalized spacial score (nSPS) is 11.7. The van der Waals surface area contributed by atoms with Crippen molar-refractivity contribution in [1.29, 1.82) is 0 Å². The number of pyridine rings is 1. The second-order valence-corrected chi connectivity index (χ2v) is 4.86. The van der Waals surface area contributed by atoms with Crippen molar-refractivity contribution in [1.82, 2.24) is 10.3 Å². The van der Waals surface area contributed by atoms with E-state index in [1.54, 1.807) is 18.5 Å².